The van der Waals surface area contributed by atoms with Gasteiger partial charge in [0.15, 0.2) is 0 Å². The number of aromatic nitrogens is 3. The van der Waals surface area contributed by atoms with Crippen LogP contribution in [0.5, 0.6) is 0 Å². The largest absolute Gasteiger partial charge is 0.442 e. The standard InChI is InChI=1S/C29H42N4O4/c1-6-29(4,5)37-28(35)32-18-22-16-24(9-10-26(22)30-32)33(23-7-8-23)27(34)25-15-19(2)31(20(25)3)17-21-11-13-36-14-12-21/h15,18,21,23-24H,6-14,16-17H2,1-5H3. The molecule has 2 aromatic heterocycles. The molecule has 0 N–H and O–H groups in total. The smallest absolute Gasteiger partial charge is 0.435 e. The van der Waals surface area contributed by atoms with Gasteiger partial charge in [0.1, 0.15) is 5.60 Å². The Morgan fingerprint density at radius 3 is 2.54 bits per heavy atom. The van der Waals surface area contributed by atoms with Gasteiger partial charge >= 0.3 is 6.09 Å². The monoisotopic (exact) mass is 510 g/mol. The Kier molecular flexibility index (Phi) is 7.22. The van der Waals surface area contributed by atoms with Gasteiger partial charge in [0.25, 0.3) is 5.91 Å². The van der Waals surface area contributed by atoms with E-state index in [2.05, 4.69) is 34.5 Å². The molecular weight excluding hydrogens is 468 g/mol. The first kappa shape index (κ1) is 26.0. The molecule has 0 aromatic carbocycles. The van der Waals surface area contributed by atoms with Gasteiger partial charge in [-0.05, 0) is 96.6 Å². The van der Waals surface area contributed by atoms with E-state index in [1.54, 1.807) is 0 Å². The molecule has 1 atom stereocenters. The van der Waals surface area contributed by atoms with E-state index in [9.17, 15) is 9.59 Å². The maximum Gasteiger partial charge on any atom is 0.435 e. The molecule has 1 unspecified atom stereocenters. The van der Waals surface area contributed by atoms with Crippen molar-refractivity contribution >= 4 is 12.0 Å². The van der Waals surface area contributed by atoms with Crippen LogP contribution in [0.2, 0.25) is 0 Å². The summed E-state index contributed by atoms with van der Waals surface area (Å²) < 4.78 is 14.9. The molecule has 1 saturated heterocycles. The zero-order chi connectivity index (χ0) is 26.3. The second-order valence-corrected chi connectivity index (χ2v) is 11.8. The Hall–Kier alpha value is -2.61. The highest BCUT2D eigenvalue weighted by molar-refractivity contribution is 5.96. The molecule has 1 aliphatic heterocycles. The number of rotatable bonds is 7. The summed E-state index contributed by atoms with van der Waals surface area (Å²) in [5.41, 5.74) is 4.53. The maximum absolute atomic E-state index is 14.0. The van der Waals surface area contributed by atoms with Crippen LogP contribution in [-0.2, 0) is 28.9 Å². The molecule has 0 bridgehead atoms. The lowest BCUT2D eigenvalue weighted by atomic mass is 9.91. The summed E-state index contributed by atoms with van der Waals surface area (Å²) in [6, 6.07) is 2.51. The van der Waals surface area contributed by atoms with Gasteiger partial charge in [0, 0.05) is 49.4 Å². The van der Waals surface area contributed by atoms with Gasteiger partial charge in [0.2, 0.25) is 0 Å². The highest BCUT2D eigenvalue weighted by Gasteiger charge is 2.40. The number of hydrogen-bond acceptors (Lipinski definition) is 5. The van der Waals surface area contributed by atoms with Gasteiger partial charge in [-0.1, -0.05) is 6.92 Å². The Bertz CT molecular complexity index is 1150. The van der Waals surface area contributed by atoms with Crippen LogP contribution in [0.4, 0.5) is 4.79 Å². The van der Waals surface area contributed by atoms with Crippen molar-refractivity contribution in [2.45, 2.75) is 110 Å². The van der Waals surface area contributed by atoms with E-state index in [0.29, 0.717) is 12.0 Å². The first-order valence-electron chi connectivity index (χ1n) is 14.0. The Morgan fingerprint density at radius 1 is 1.14 bits per heavy atom. The van der Waals surface area contributed by atoms with E-state index in [0.717, 1.165) is 99.3 Å². The molecule has 8 heteroatoms. The van der Waals surface area contributed by atoms with Crippen molar-refractivity contribution in [2.24, 2.45) is 5.92 Å². The Labute approximate surface area is 220 Å². The number of hydrogen-bond donors (Lipinski definition) is 0. The molecule has 3 heterocycles. The molecule has 202 valence electrons. The van der Waals surface area contributed by atoms with Gasteiger partial charge in [-0.2, -0.15) is 9.78 Å². The number of aryl methyl sites for hydroxylation is 2. The fourth-order valence-electron chi connectivity index (χ4n) is 5.78. The van der Waals surface area contributed by atoms with Crippen molar-refractivity contribution in [2.75, 3.05) is 13.2 Å². The third-order valence-corrected chi connectivity index (χ3v) is 8.60. The van der Waals surface area contributed by atoms with E-state index < -0.39 is 11.7 Å². The van der Waals surface area contributed by atoms with E-state index in [-0.39, 0.29) is 11.9 Å². The van der Waals surface area contributed by atoms with Crippen molar-refractivity contribution in [3.05, 3.63) is 40.5 Å². The second-order valence-electron chi connectivity index (χ2n) is 11.8. The fourth-order valence-corrected chi connectivity index (χ4v) is 5.78. The molecule has 1 amide bonds. The molecule has 2 aliphatic carbocycles. The van der Waals surface area contributed by atoms with Crippen LogP contribution in [-0.4, -0.2) is 62.1 Å². The Balaban J connectivity index is 1.32. The third kappa shape index (κ3) is 5.49. The van der Waals surface area contributed by atoms with Gasteiger partial charge in [-0.25, -0.2) is 4.79 Å². The maximum atomic E-state index is 14.0. The first-order chi connectivity index (χ1) is 17.7. The highest BCUT2D eigenvalue weighted by Crippen LogP contribution is 2.36. The van der Waals surface area contributed by atoms with E-state index in [1.165, 1.54) is 4.68 Å². The van der Waals surface area contributed by atoms with Crippen molar-refractivity contribution in [3.63, 3.8) is 0 Å². The molecule has 0 radical (unpaired) electrons. The van der Waals surface area contributed by atoms with Crippen molar-refractivity contribution in [1.29, 1.82) is 0 Å². The average molecular weight is 511 g/mol. The minimum atomic E-state index is -0.529. The topological polar surface area (TPSA) is 78.6 Å². The van der Waals surface area contributed by atoms with E-state index in [4.69, 9.17) is 9.47 Å². The SMILES string of the molecule is CCC(C)(C)OC(=O)n1cc2c(n1)CCC(N(C(=O)c1cc(C)n(CC3CCOCC3)c1C)C1CC1)C2. The lowest BCUT2D eigenvalue weighted by molar-refractivity contribution is 0.0350. The van der Waals surface area contributed by atoms with Gasteiger partial charge in [0.05, 0.1) is 11.3 Å². The molecule has 3 aliphatic rings. The van der Waals surface area contributed by atoms with Crippen molar-refractivity contribution in [3.8, 4) is 0 Å². The van der Waals surface area contributed by atoms with Gasteiger partial charge in [-0.3, -0.25) is 4.79 Å². The lowest BCUT2D eigenvalue weighted by Gasteiger charge is -2.34. The normalized spacial score (nSPS) is 20.5. The molecule has 1 saturated carbocycles. The van der Waals surface area contributed by atoms with Gasteiger partial charge < -0.3 is 18.9 Å². The number of ether oxygens (including phenoxy) is 2. The van der Waals surface area contributed by atoms with Crippen LogP contribution in [0.3, 0.4) is 0 Å². The van der Waals surface area contributed by atoms with Crippen LogP contribution < -0.4 is 0 Å². The van der Waals surface area contributed by atoms with E-state index in [1.807, 2.05) is 27.0 Å². The summed E-state index contributed by atoms with van der Waals surface area (Å²) in [5.74, 6) is 0.753. The number of carbonyl (C=O) groups is 2. The highest BCUT2D eigenvalue weighted by atomic mass is 16.6. The quantitative estimate of drug-likeness (QED) is 0.520. The van der Waals surface area contributed by atoms with E-state index >= 15 is 0 Å². The summed E-state index contributed by atoms with van der Waals surface area (Å²) in [6.45, 7) is 12.6. The van der Waals surface area contributed by atoms with Crippen molar-refractivity contribution in [1.82, 2.24) is 19.2 Å². The van der Waals surface area contributed by atoms with Crippen LogP contribution in [0, 0.1) is 19.8 Å². The number of nitrogens with zero attached hydrogens (tertiary/aromatic N) is 4. The molecule has 5 rings (SSSR count). The molecule has 0 spiro atoms. The molecule has 8 nitrogen and oxygen atoms in total. The number of carbonyl (C=O) groups excluding carboxylic acids is 2. The summed E-state index contributed by atoms with van der Waals surface area (Å²) in [4.78, 5) is 28.9. The summed E-state index contributed by atoms with van der Waals surface area (Å²) >= 11 is 0. The predicted octanol–water partition coefficient (Wildman–Crippen LogP) is 5.06. The van der Waals surface area contributed by atoms with Crippen LogP contribution in [0.1, 0.15) is 92.3 Å². The average Bonchev–Trinajstić information content (AvgIpc) is 3.55. The fraction of sp³-hybridized carbons (Fsp3) is 0.690. The number of fused-ring (bicyclic) bond motifs is 1. The van der Waals surface area contributed by atoms with Crippen LogP contribution >= 0.6 is 0 Å². The molecular formula is C29H42N4O4. The van der Waals surface area contributed by atoms with Gasteiger partial charge in [-0.15, -0.1) is 0 Å². The molecule has 2 aromatic rings. The molecule has 37 heavy (non-hydrogen) atoms. The first-order valence-corrected chi connectivity index (χ1v) is 14.0. The zero-order valence-corrected chi connectivity index (χ0v) is 23.1. The summed E-state index contributed by atoms with van der Waals surface area (Å²) in [5, 5.41) is 4.54. The van der Waals surface area contributed by atoms with Crippen LogP contribution in [0.15, 0.2) is 12.3 Å². The zero-order valence-electron chi connectivity index (χ0n) is 23.1. The minimum Gasteiger partial charge on any atom is -0.442 e. The minimum absolute atomic E-state index is 0.117. The third-order valence-electron chi connectivity index (χ3n) is 8.60. The van der Waals surface area contributed by atoms with Crippen molar-refractivity contribution < 1.29 is 19.1 Å². The summed E-state index contributed by atoms with van der Waals surface area (Å²) in [6.07, 6.45) is 8.74. The second kappa shape index (κ2) is 10.3. The Morgan fingerprint density at radius 2 is 1.86 bits per heavy atom. The lowest BCUT2D eigenvalue weighted by Crippen LogP contribution is -2.45. The van der Waals surface area contributed by atoms with Crippen LogP contribution in [0.25, 0.3) is 0 Å². The predicted molar refractivity (Wildman–Crippen MR) is 141 cm³/mol. The summed E-state index contributed by atoms with van der Waals surface area (Å²) in [7, 11) is 0. The molecule has 2 fully saturated rings. The number of amides is 1.